The van der Waals surface area contributed by atoms with Crippen molar-refractivity contribution < 1.29 is 28.5 Å². The number of carbonyl (C=O) groups is 1. The highest BCUT2D eigenvalue weighted by Gasteiger charge is 2.46. The molecule has 5 aromatic rings. The van der Waals surface area contributed by atoms with E-state index in [0.717, 1.165) is 22.3 Å². The van der Waals surface area contributed by atoms with E-state index in [9.17, 15) is 4.79 Å². The molecule has 1 aliphatic rings. The number of carbonyl (C=O) groups excluding carboxylic acids is 1. The Labute approximate surface area is 318 Å². The van der Waals surface area contributed by atoms with Gasteiger partial charge in [-0.1, -0.05) is 171 Å². The molecule has 6 heteroatoms. The zero-order valence-electron chi connectivity index (χ0n) is 32.3. The van der Waals surface area contributed by atoms with Gasteiger partial charge in [0.05, 0.1) is 39.1 Å². The predicted octanol–water partition coefficient (Wildman–Crippen LogP) is 10.4. The normalized spacial score (nSPS) is 18.9. The second-order valence-electron chi connectivity index (χ2n) is 12.7. The molecule has 1 fully saturated rings. The van der Waals surface area contributed by atoms with Gasteiger partial charge < -0.3 is 28.5 Å². The molecule has 0 unspecified atom stereocenters. The standard InChI is InChI=1S/C35H38O5.C7H8.C3H6O.C2H6/c1-27-33(37-23-29-16-8-3-9-17-29)35(39-25-31-20-12-5-13-21-31)34(38-24-30-18-10-4-11-19-30)32(40-27)26-36-22-28-14-6-2-7-15-28;1-7-5-3-2-4-6-7;1-3(2)4;1-2/h2-21,27,32-35H,22-26H2,1H3;2-6H,1H3;1-2H3;1-2H3/t27-,32+,33-,34+,35+;;;/m1.../s1. The quantitative estimate of drug-likeness (QED) is 0.121. The highest BCUT2D eigenvalue weighted by molar-refractivity contribution is 5.72. The summed E-state index contributed by atoms with van der Waals surface area (Å²) in [5.74, 6) is 0.167. The summed E-state index contributed by atoms with van der Waals surface area (Å²) >= 11 is 0. The maximum atomic E-state index is 9.44. The molecule has 282 valence electrons. The number of hydrogen-bond donors (Lipinski definition) is 0. The lowest BCUT2D eigenvalue weighted by atomic mass is 9.94. The molecule has 1 aliphatic heterocycles. The molecule has 1 saturated heterocycles. The van der Waals surface area contributed by atoms with Crippen LogP contribution in [-0.2, 0) is 54.9 Å². The summed E-state index contributed by atoms with van der Waals surface area (Å²) in [5.41, 5.74) is 5.74. The Kier molecular flexibility index (Phi) is 20.7. The van der Waals surface area contributed by atoms with Gasteiger partial charge in [0.2, 0.25) is 0 Å². The minimum absolute atomic E-state index is 0.167. The van der Waals surface area contributed by atoms with Gasteiger partial charge in [-0.25, -0.2) is 0 Å². The molecule has 53 heavy (non-hydrogen) atoms. The monoisotopic (exact) mass is 718 g/mol. The topological polar surface area (TPSA) is 63.2 Å². The second-order valence-corrected chi connectivity index (χ2v) is 12.7. The Bertz CT molecular complexity index is 1610. The first-order chi connectivity index (χ1) is 25.9. The highest BCUT2D eigenvalue weighted by atomic mass is 16.6. The van der Waals surface area contributed by atoms with Gasteiger partial charge in [-0.15, -0.1) is 0 Å². The fourth-order valence-electron chi connectivity index (χ4n) is 5.55. The first-order valence-corrected chi connectivity index (χ1v) is 18.6. The Morgan fingerprint density at radius 2 is 0.830 bits per heavy atom. The molecular formula is C47H58O6. The van der Waals surface area contributed by atoms with Crippen molar-refractivity contribution in [3.63, 3.8) is 0 Å². The molecule has 0 radical (unpaired) electrons. The molecule has 0 saturated carbocycles. The first kappa shape index (κ1) is 43.0. The average Bonchev–Trinajstić information content (AvgIpc) is 3.19. The molecule has 0 spiro atoms. The average molecular weight is 719 g/mol. The van der Waals surface area contributed by atoms with Crippen molar-refractivity contribution in [1.82, 2.24) is 0 Å². The van der Waals surface area contributed by atoms with Crippen LogP contribution in [0.25, 0.3) is 0 Å². The van der Waals surface area contributed by atoms with Crippen LogP contribution < -0.4 is 0 Å². The van der Waals surface area contributed by atoms with E-state index in [1.807, 2.05) is 112 Å². The minimum atomic E-state index is -0.392. The Hall–Kier alpha value is -4.43. The zero-order chi connectivity index (χ0) is 38.1. The van der Waals surface area contributed by atoms with E-state index < -0.39 is 6.10 Å². The molecule has 6 nitrogen and oxygen atoms in total. The molecule has 1 heterocycles. The first-order valence-electron chi connectivity index (χ1n) is 18.6. The van der Waals surface area contributed by atoms with Crippen molar-refractivity contribution in [1.29, 1.82) is 0 Å². The number of hydrogen-bond acceptors (Lipinski definition) is 6. The third kappa shape index (κ3) is 16.8. The fourth-order valence-corrected chi connectivity index (χ4v) is 5.55. The van der Waals surface area contributed by atoms with Crippen molar-refractivity contribution >= 4 is 5.78 Å². The van der Waals surface area contributed by atoms with E-state index >= 15 is 0 Å². The van der Waals surface area contributed by atoms with Crippen LogP contribution in [0.2, 0.25) is 0 Å². The van der Waals surface area contributed by atoms with Crippen molar-refractivity contribution in [2.24, 2.45) is 0 Å². The van der Waals surface area contributed by atoms with E-state index in [4.69, 9.17) is 23.7 Å². The smallest absolute Gasteiger partial charge is 0.126 e. The zero-order valence-corrected chi connectivity index (χ0v) is 32.3. The van der Waals surface area contributed by atoms with Gasteiger partial charge in [-0.2, -0.15) is 0 Å². The summed E-state index contributed by atoms with van der Waals surface area (Å²) in [6.07, 6.45) is -1.61. The van der Waals surface area contributed by atoms with Crippen molar-refractivity contribution in [3.8, 4) is 0 Å². The number of benzene rings is 5. The molecule has 0 aromatic heterocycles. The van der Waals surface area contributed by atoms with Crippen LogP contribution in [0, 0.1) is 6.92 Å². The summed E-state index contributed by atoms with van der Waals surface area (Å²) in [6, 6.07) is 51.0. The molecular weight excluding hydrogens is 661 g/mol. The summed E-state index contributed by atoms with van der Waals surface area (Å²) < 4.78 is 32.5. The van der Waals surface area contributed by atoms with Crippen molar-refractivity contribution in [2.45, 2.75) is 98.5 Å². The second kappa shape index (κ2) is 25.5. The van der Waals surface area contributed by atoms with Gasteiger partial charge in [0.15, 0.2) is 0 Å². The van der Waals surface area contributed by atoms with Gasteiger partial charge in [0.1, 0.15) is 30.2 Å². The van der Waals surface area contributed by atoms with Crippen LogP contribution in [0.1, 0.15) is 62.4 Å². The molecule has 0 amide bonds. The molecule has 0 bridgehead atoms. The molecule has 0 aliphatic carbocycles. The van der Waals surface area contributed by atoms with Crippen LogP contribution in [-0.4, -0.2) is 42.9 Å². The third-order valence-corrected chi connectivity index (χ3v) is 8.06. The number of ether oxygens (including phenoxy) is 5. The van der Waals surface area contributed by atoms with Crippen LogP contribution in [0.15, 0.2) is 152 Å². The molecule has 6 rings (SSSR count). The summed E-state index contributed by atoms with van der Waals surface area (Å²) in [4.78, 5) is 9.44. The Balaban J connectivity index is 0.000000497. The SMILES string of the molecule is CC.CC(C)=O.C[C@H]1O[C@@H](COCc2ccccc2)[C@H](OCc2ccccc2)[C@@H](OCc2ccccc2)[C@@H]1OCc1ccccc1.Cc1ccccc1. The van der Waals surface area contributed by atoms with Crippen LogP contribution in [0.3, 0.4) is 0 Å². The van der Waals surface area contributed by atoms with Gasteiger partial charge in [-0.3, -0.25) is 0 Å². The van der Waals surface area contributed by atoms with Crippen LogP contribution in [0.5, 0.6) is 0 Å². The summed E-state index contributed by atoms with van der Waals surface area (Å²) in [7, 11) is 0. The summed E-state index contributed by atoms with van der Waals surface area (Å²) in [5, 5.41) is 0. The largest absolute Gasteiger partial charge is 0.374 e. The van der Waals surface area contributed by atoms with Crippen LogP contribution in [0.4, 0.5) is 0 Å². The van der Waals surface area contributed by atoms with Gasteiger partial charge in [0.25, 0.3) is 0 Å². The predicted molar refractivity (Wildman–Crippen MR) is 214 cm³/mol. The number of rotatable bonds is 13. The molecule has 0 N–H and O–H groups in total. The summed E-state index contributed by atoms with van der Waals surface area (Å²) in [6.45, 7) is 13.4. The number of ketones is 1. The van der Waals surface area contributed by atoms with E-state index in [1.54, 1.807) is 0 Å². The molecule has 5 aromatic carbocycles. The van der Waals surface area contributed by atoms with Crippen molar-refractivity contribution in [2.75, 3.05) is 6.61 Å². The minimum Gasteiger partial charge on any atom is -0.374 e. The van der Waals surface area contributed by atoms with E-state index in [1.165, 1.54) is 19.4 Å². The fraction of sp³-hybridized carbons (Fsp3) is 0.340. The highest BCUT2D eigenvalue weighted by Crippen LogP contribution is 2.31. The maximum Gasteiger partial charge on any atom is 0.126 e. The molecule has 5 atom stereocenters. The van der Waals surface area contributed by atoms with Gasteiger partial charge in [0, 0.05) is 0 Å². The van der Waals surface area contributed by atoms with Gasteiger partial charge in [-0.05, 0) is 49.9 Å². The van der Waals surface area contributed by atoms with Crippen LogP contribution >= 0.6 is 0 Å². The van der Waals surface area contributed by atoms with E-state index in [0.29, 0.717) is 33.0 Å². The van der Waals surface area contributed by atoms with E-state index in [-0.39, 0.29) is 30.2 Å². The maximum absolute atomic E-state index is 9.44. The lowest BCUT2D eigenvalue weighted by Gasteiger charge is -2.45. The lowest BCUT2D eigenvalue weighted by Crippen LogP contribution is -2.60. The number of Topliss-reactive ketones (excluding diaryl/α,β-unsaturated/α-hetero) is 1. The van der Waals surface area contributed by atoms with E-state index in [2.05, 4.69) is 67.6 Å². The van der Waals surface area contributed by atoms with Crippen molar-refractivity contribution in [3.05, 3.63) is 179 Å². The lowest BCUT2D eigenvalue weighted by molar-refractivity contribution is -0.269. The third-order valence-electron chi connectivity index (χ3n) is 8.06. The van der Waals surface area contributed by atoms with Gasteiger partial charge >= 0.3 is 0 Å². The number of aryl methyl sites for hydroxylation is 1. The Morgan fingerprint density at radius 3 is 1.19 bits per heavy atom. The Morgan fingerprint density at radius 1 is 0.509 bits per heavy atom.